The topological polar surface area (TPSA) is 58.6 Å². The van der Waals surface area contributed by atoms with E-state index < -0.39 is 0 Å². The summed E-state index contributed by atoms with van der Waals surface area (Å²) in [6, 6.07) is 7.63. The number of likely N-dealkylation sites (tertiary alicyclic amines) is 1. The molecule has 2 aromatic rings. The van der Waals surface area contributed by atoms with E-state index in [1.807, 2.05) is 29.2 Å². The summed E-state index contributed by atoms with van der Waals surface area (Å²) in [6.45, 7) is 5.25. The Hall–Kier alpha value is -2.05. The zero-order chi connectivity index (χ0) is 17.1. The van der Waals surface area contributed by atoms with Gasteiger partial charge in [0.25, 0.3) is 5.91 Å². The average molecular weight is 340 g/mol. The minimum Gasteiger partial charge on any atom is -0.375 e. The van der Waals surface area contributed by atoms with Gasteiger partial charge < -0.3 is 14.5 Å². The second-order valence-electron chi connectivity index (χ2n) is 6.85. The maximum absolute atomic E-state index is 12.9. The molecule has 25 heavy (non-hydrogen) atoms. The molecule has 6 nitrogen and oxygen atoms in total. The maximum atomic E-state index is 12.9. The summed E-state index contributed by atoms with van der Waals surface area (Å²) >= 11 is 0. The van der Waals surface area contributed by atoms with E-state index >= 15 is 0 Å². The van der Waals surface area contributed by atoms with Crippen molar-refractivity contribution in [3.8, 4) is 0 Å². The second kappa shape index (κ2) is 7.45. The lowest BCUT2D eigenvalue weighted by molar-refractivity contribution is 0.0296. The molecule has 4 rings (SSSR count). The number of nitrogens with zero attached hydrogens (tertiary/aromatic N) is 4. The molecule has 1 unspecified atom stereocenters. The van der Waals surface area contributed by atoms with Crippen LogP contribution in [0.1, 0.15) is 29.8 Å². The molecule has 6 heteroatoms. The van der Waals surface area contributed by atoms with Crippen molar-refractivity contribution in [2.24, 2.45) is 0 Å². The third-order valence-corrected chi connectivity index (χ3v) is 4.97. The first kappa shape index (κ1) is 16.4. The van der Waals surface area contributed by atoms with Gasteiger partial charge in [0.2, 0.25) is 0 Å². The number of hydrogen-bond donors (Lipinski definition) is 0. The van der Waals surface area contributed by atoms with E-state index in [1.54, 1.807) is 6.20 Å². The lowest BCUT2D eigenvalue weighted by atomic mass is 10.2. The van der Waals surface area contributed by atoms with E-state index in [0.717, 1.165) is 37.1 Å². The molecule has 1 amide bonds. The van der Waals surface area contributed by atoms with Gasteiger partial charge in [-0.3, -0.25) is 9.78 Å². The Morgan fingerprint density at radius 2 is 1.92 bits per heavy atom. The highest BCUT2D eigenvalue weighted by atomic mass is 16.5. The Morgan fingerprint density at radius 1 is 1.12 bits per heavy atom. The molecule has 1 aromatic heterocycles. The van der Waals surface area contributed by atoms with E-state index in [1.165, 1.54) is 12.8 Å². The molecular weight excluding hydrogens is 316 g/mol. The van der Waals surface area contributed by atoms with Crippen LogP contribution in [-0.4, -0.2) is 71.1 Å². The van der Waals surface area contributed by atoms with E-state index in [4.69, 9.17) is 4.74 Å². The number of fused-ring (bicyclic) bond motifs is 1. The molecule has 0 radical (unpaired) electrons. The minimum atomic E-state index is -0.0461. The number of ether oxygens (including phenoxy) is 1. The van der Waals surface area contributed by atoms with Gasteiger partial charge in [-0.1, -0.05) is 12.1 Å². The molecule has 0 saturated carbocycles. The third kappa shape index (κ3) is 3.80. The molecule has 0 bridgehead atoms. The molecule has 0 spiro atoms. The Balaban J connectivity index is 1.48. The molecule has 0 aliphatic carbocycles. The number of amides is 1. The Labute approximate surface area is 147 Å². The second-order valence-corrected chi connectivity index (χ2v) is 6.85. The summed E-state index contributed by atoms with van der Waals surface area (Å²) in [7, 11) is 0. The van der Waals surface area contributed by atoms with Crippen molar-refractivity contribution in [1.29, 1.82) is 0 Å². The van der Waals surface area contributed by atoms with Crippen LogP contribution in [0.15, 0.2) is 30.5 Å². The zero-order valence-corrected chi connectivity index (χ0v) is 14.4. The summed E-state index contributed by atoms with van der Waals surface area (Å²) in [5, 5.41) is 0. The highest BCUT2D eigenvalue weighted by Gasteiger charge is 2.26. The van der Waals surface area contributed by atoms with Gasteiger partial charge in [0.05, 0.1) is 23.3 Å². The minimum absolute atomic E-state index is 0.0461. The molecule has 2 aliphatic heterocycles. The third-order valence-electron chi connectivity index (χ3n) is 4.97. The molecule has 2 fully saturated rings. The standard InChI is InChI=1S/C19H24N4O2/c24-19(18-12-20-16-6-1-2-7-17(16)21-18)23-10-5-11-25-15(14-23)13-22-8-3-4-9-22/h1-2,6-7,12,15H,3-5,8-11,13-14H2. The molecule has 2 aliphatic rings. The van der Waals surface area contributed by atoms with Crippen LogP contribution in [0.4, 0.5) is 0 Å². The molecule has 1 aromatic carbocycles. The van der Waals surface area contributed by atoms with Crippen molar-refractivity contribution in [2.75, 3.05) is 39.3 Å². The van der Waals surface area contributed by atoms with Crippen molar-refractivity contribution in [1.82, 2.24) is 19.8 Å². The normalized spacial score (nSPS) is 22.2. The molecule has 0 N–H and O–H groups in total. The van der Waals surface area contributed by atoms with Crippen LogP contribution in [0.3, 0.4) is 0 Å². The van der Waals surface area contributed by atoms with Gasteiger partial charge in [-0.05, 0) is 44.5 Å². The number of para-hydroxylation sites is 2. The Kier molecular flexibility index (Phi) is 4.90. The van der Waals surface area contributed by atoms with Crippen molar-refractivity contribution >= 4 is 16.9 Å². The van der Waals surface area contributed by atoms with Gasteiger partial charge in [-0.2, -0.15) is 0 Å². The van der Waals surface area contributed by atoms with Gasteiger partial charge in [0.15, 0.2) is 0 Å². The first-order chi connectivity index (χ1) is 12.3. The van der Waals surface area contributed by atoms with Gasteiger partial charge in [0, 0.05) is 26.2 Å². The number of carbonyl (C=O) groups excluding carboxylic acids is 1. The van der Waals surface area contributed by atoms with E-state index in [2.05, 4.69) is 14.9 Å². The molecule has 132 valence electrons. The number of rotatable bonds is 3. The summed E-state index contributed by atoms with van der Waals surface area (Å²) in [4.78, 5) is 26.1. The molecular formula is C19H24N4O2. The zero-order valence-electron chi connectivity index (χ0n) is 14.4. The lowest BCUT2D eigenvalue weighted by Gasteiger charge is -2.26. The van der Waals surface area contributed by atoms with Crippen LogP contribution >= 0.6 is 0 Å². The predicted octanol–water partition coefficient (Wildman–Crippen LogP) is 1.96. The van der Waals surface area contributed by atoms with Crippen molar-refractivity contribution in [3.63, 3.8) is 0 Å². The SMILES string of the molecule is O=C(c1cnc2ccccc2n1)N1CCCOC(CN2CCCC2)C1. The largest absolute Gasteiger partial charge is 0.375 e. The highest BCUT2D eigenvalue weighted by molar-refractivity contribution is 5.93. The van der Waals surface area contributed by atoms with E-state index in [0.29, 0.717) is 25.4 Å². The van der Waals surface area contributed by atoms with Crippen LogP contribution in [0.5, 0.6) is 0 Å². The van der Waals surface area contributed by atoms with E-state index in [9.17, 15) is 4.79 Å². The molecule has 1 atom stereocenters. The van der Waals surface area contributed by atoms with Crippen LogP contribution < -0.4 is 0 Å². The van der Waals surface area contributed by atoms with Crippen LogP contribution in [0.2, 0.25) is 0 Å². The van der Waals surface area contributed by atoms with Crippen molar-refractivity contribution in [3.05, 3.63) is 36.2 Å². The smallest absolute Gasteiger partial charge is 0.274 e. The van der Waals surface area contributed by atoms with Gasteiger partial charge in [-0.25, -0.2) is 4.98 Å². The number of aromatic nitrogens is 2. The fourth-order valence-corrected chi connectivity index (χ4v) is 3.67. The van der Waals surface area contributed by atoms with Gasteiger partial charge in [0.1, 0.15) is 5.69 Å². The van der Waals surface area contributed by atoms with Gasteiger partial charge >= 0.3 is 0 Å². The van der Waals surface area contributed by atoms with Crippen molar-refractivity contribution in [2.45, 2.75) is 25.4 Å². The molecule has 2 saturated heterocycles. The first-order valence-corrected chi connectivity index (χ1v) is 9.14. The summed E-state index contributed by atoms with van der Waals surface area (Å²) in [5.41, 5.74) is 1.98. The fourth-order valence-electron chi connectivity index (χ4n) is 3.67. The average Bonchev–Trinajstić information content (AvgIpc) is 3.05. The quantitative estimate of drug-likeness (QED) is 0.855. The van der Waals surface area contributed by atoms with Gasteiger partial charge in [-0.15, -0.1) is 0 Å². The predicted molar refractivity (Wildman–Crippen MR) is 95.5 cm³/mol. The Bertz CT molecular complexity index is 745. The lowest BCUT2D eigenvalue weighted by Crippen LogP contribution is -2.42. The number of benzene rings is 1. The molecule has 3 heterocycles. The monoisotopic (exact) mass is 340 g/mol. The Morgan fingerprint density at radius 3 is 2.76 bits per heavy atom. The number of hydrogen-bond acceptors (Lipinski definition) is 5. The number of carbonyl (C=O) groups is 1. The fraction of sp³-hybridized carbons (Fsp3) is 0.526. The van der Waals surface area contributed by atoms with Crippen LogP contribution in [0, 0.1) is 0 Å². The maximum Gasteiger partial charge on any atom is 0.274 e. The first-order valence-electron chi connectivity index (χ1n) is 9.14. The summed E-state index contributed by atoms with van der Waals surface area (Å²) in [5.74, 6) is -0.0461. The highest BCUT2D eigenvalue weighted by Crippen LogP contribution is 2.15. The summed E-state index contributed by atoms with van der Waals surface area (Å²) in [6.07, 6.45) is 5.07. The summed E-state index contributed by atoms with van der Waals surface area (Å²) < 4.78 is 5.98. The van der Waals surface area contributed by atoms with Crippen LogP contribution in [-0.2, 0) is 4.74 Å². The van der Waals surface area contributed by atoms with E-state index in [-0.39, 0.29) is 12.0 Å². The van der Waals surface area contributed by atoms with Crippen LogP contribution in [0.25, 0.3) is 11.0 Å². The van der Waals surface area contributed by atoms with Crippen molar-refractivity contribution < 1.29 is 9.53 Å².